The molecule has 0 spiro atoms. The smallest absolute Gasteiger partial charge is 0.163 e. The average Bonchev–Trinajstić information content (AvgIpc) is 3.17. The molecule has 1 aromatic carbocycles. The lowest BCUT2D eigenvalue weighted by molar-refractivity contribution is 0.203. The highest BCUT2D eigenvalue weighted by molar-refractivity contribution is 6.30. The van der Waals surface area contributed by atoms with Gasteiger partial charge in [-0.25, -0.2) is 14.6 Å². The average molecular weight is 330 g/mol. The molecule has 1 aliphatic rings. The second kappa shape index (κ2) is 5.70. The van der Waals surface area contributed by atoms with E-state index in [1.165, 1.54) is 6.33 Å². The van der Waals surface area contributed by atoms with Gasteiger partial charge in [0.2, 0.25) is 0 Å². The van der Waals surface area contributed by atoms with Gasteiger partial charge >= 0.3 is 0 Å². The van der Waals surface area contributed by atoms with Crippen LogP contribution in [0.5, 0.6) is 5.75 Å². The molecule has 1 aliphatic carbocycles. The van der Waals surface area contributed by atoms with Crippen LogP contribution in [-0.2, 0) is 0 Å². The van der Waals surface area contributed by atoms with Gasteiger partial charge in [-0.15, -0.1) is 0 Å². The molecule has 1 fully saturated rings. The van der Waals surface area contributed by atoms with Crippen molar-refractivity contribution < 1.29 is 4.74 Å². The number of halogens is 1. The molecule has 0 aliphatic heterocycles. The third kappa shape index (κ3) is 2.70. The molecule has 2 heterocycles. The zero-order valence-corrected chi connectivity index (χ0v) is 13.1. The maximum Gasteiger partial charge on any atom is 0.163 e. The number of nitrogen functional groups attached to an aromatic ring is 1. The van der Waals surface area contributed by atoms with E-state index < -0.39 is 0 Å². The summed E-state index contributed by atoms with van der Waals surface area (Å²) in [5.41, 5.74) is 6.66. The molecule has 0 saturated heterocycles. The van der Waals surface area contributed by atoms with Crippen molar-refractivity contribution in [2.75, 3.05) is 5.73 Å². The van der Waals surface area contributed by atoms with E-state index in [9.17, 15) is 0 Å². The highest BCUT2D eigenvalue weighted by Gasteiger charge is 2.29. The van der Waals surface area contributed by atoms with Crippen molar-refractivity contribution in [3.8, 4) is 5.75 Å². The van der Waals surface area contributed by atoms with Crippen molar-refractivity contribution in [3.05, 3.63) is 41.8 Å². The Morgan fingerprint density at radius 2 is 2.00 bits per heavy atom. The fourth-order valence-electron chi connectivity index (χ4n) is 3.10. The van der Waals surface area contributed by atoms with Crippen LogP contribution in [0.25, 0.3) is 11.0 Å². The highest BCUT2D eigenvalue weighted by atomic mass is 35.5. The highest BCUT2D eigenvalue weighted by Crippen LogP contribution is 2.34. The van der Waals surface area contributed by atoms with Gasteiger partial charge in [0, 0.05) is 11.4 Å². The molecule has 0 amide bonds. The molecule has 0 radical (unpaired) electrons. The van der Waals surface area contributed by atoms with Crippen molar-refractivity contribution >= 4 is 28.5 Å². The lowest BCUT2D eigenvalue weighted by atomic mass is 10.2. The standard InChI is InChI=1S/C16H16ClN5O/c17-10-1-4-12(5-2-10)23-13-6-3-11(7-13)22-16-14(8-21-22)15(18)19-9-20-16/h1-2,4-5,8-9,11,13H,3,6-7H2,(H2,18,19,20). The number of aromatic nitrogens is 4. The maximum absolute atomic E-state index is 6.04. The van der Waals surface area contributed by atoms with Crippen LogP contribution in [0.3, 0.4) is 0 Å². The lowest BCUT2D eigenvalue weighted by Gasteiger charge is -2.15. The Bertz CT molecular complexity index is 832. The van der Waals surface area contributed by atoms with Crippen LogP contribution >= 0.6 is 11.6 Å². The van der Waals surface area contributed by atoms with E-state index >= 15 is 0 Å². The Balaban J connectivity index is 1.51. The molecule has 2 aromatic heterocycles. The van der Waals surface area contributed by atoms with E-state index in [0.29, 0.717) is 10.8 Å². The summed E-state index contributed by atoms with van der Waals surface area (Å²) in [5, 5.41) is 5.96. The van der Waals surface area contributed by atoms with Crippen molar-refractivity contribution in [3.63, 3.8) is 0 Å². The van der Waals surface area contributed by atoms with E-state index in [1.807, 2.05) is 28.9 Å². The van der Waals surface area contributed by atoms with E-state index in [-0.39, 0.29) is 12.1 Å². The monoisotopic (exact) mass is 329 g/mol. The predicted molar refractivity (Wildman–Crippen MR) is 88.5 cm³/mol. The van der Waals surface area contributed by atoms with Crippen molar-refractivity contribution in [2.45, 2.75) is 31.4 Å². The minimum absolute atomic E-state index is 0.166. The van der Waals surface area contributed by atoms with Gasteiger partial charge in [0.15, 0.2) is 5.65 Å². The summed E-state index contributed by atoms with van der Waals surface area (Å²) in [6.07, 6.45) is 6.25. The van der Waals surface area contributed by atoms with Gasteiger partial charge in [0.05, 0.1) is 17.6 Å². The van der Waals surface area contributed by atoms with Gasteiger partial charge < -0.3 is 10.5 Å². The normalized spacial score (nSPS) is 20.9. The number of rotatable bonds is 3. The summed E-state index contributed by atoms with van der Waals surface area (Å²) >= 11 is 5.90. The van der Waals surface area contributed by atoms with Gasteiger partial charge in [-0.3, -0.25) is 0 Å². The maximum atomic E-state index is 6.04. The number of hydrogen-bond acceptors (Lipinski definition) is 5. The van der Waals surface area contributed by atoms with Gasteiger partial charge in [0.25, 0.3) is 0 Å². The second-order valence-corrected chi connectivity index (χ2v) is 6.18. The molecule has 7 heteroatoms. The molecule has 6 nitrogen and oxygen atoms in total. The van der Waals surface area contributed by atoms with E-state index in [0.717, 1.165) is 36.0 Å². The number of anilines is 1. The topological polar surface area (TPSA) is 78.9 Å². The van der Waals surface area contributed by atoms with Crippen LogP contribution in [0.15, 0.2) is 36.8 Å². The third-order valence-electron chi connectivity index (χ3n) is 4.24. The summed E-state index contributed by atoms with van der Waals surface area (Å²) in [4.78, 5) is 8.32. The molecule has 1 saturated carbocycles. The summed E-state index contributed by atoms with van der Waals surface area (Å²) in [5.74, 6) is 1.31. The van der Waals surface area contributed by atoms with E-state index in [1.54, 1.807) is 6.20 Å². The van der Waals surface area contributed by atoms with Crippen LogP contribution in [0.2, 0.25) is 5.02 Å². The molecule has 2 unspecified atom stereocenters. The molecule has 23 heavy (non-hydrogen) atoms. The lowest BCUT2D eigenvalue weighted by Crippen LogP contribution is -2.14. The first kappa shape index (κ1) is 14.3. The fourth-order valence-corrected chi connectivity index (χ4v) is 3.23. The van der Waals surface area contributed by atoms with Crippen LogP contribution in [-0.4, -0.2) is 25.9 Å². The summed E-state index contributed by atoms with van der Waals surface area (Å²) in [6.45, 7) is 0. The fraction of sp³-hybridized carbons (Fsp3) is 0.312. The number of benzene rings is 1. The summed E-state index contributed by atoms with van der Waals surface area (Å²) < 4.78 is 7.98. The van der Waals surface area contributed by atoms with E-state index in [2.05, 4.69) is 15.1 Å². The van der Waals surface area contributed by atoms with E-state index in [4.69, 9.17) is 22.1 Å². The zero-order chi connectivity index (χ0) is 15.8. The number of hydrogen-bond donors (Lipinski definition) is 1. The zero-order valence-electron chi connectivity index (χ0n) is 12.4. The van der Waals surface area contributed by atoms with Crippen molar-refractivity contribution in [1.29, 1.82) is 0 Å². The first-order valence-corrected chi connectivity index (χ1v) is 7.94. The van der Waals surface area contributed by atoms with Crippen LogP contribution in [0.1, 0.15) is 25.3 Å². The summed E-state index contributed by atoms with van der Waals surface area (Å²) in [7, 11) is 0. The minimum atomic E-state index is 0.166. The Morgan fingerprint density at radius 3 is 2.83 bits per heavy atom. The van der Waals surface area contributed by atoms with Crippen LogP contribution in [0, 0.1) is 0 Å². The molecular formula is C16H16ClN5O. The minimum Gasteiger partial charge on any atom is -0.490 e. The molecule has 2 atom stereocenters. The van der Waals surface area contributed by atoms with Gasteiger partial charge in [0.1, 0.15) is 24.0 Å². The first-order chi connectivity index (χ1) is 11.2. The van der Waals surface area contributed by atoms with Crippen molar-refractivity contribution in [1.82, 2.24) is 19.7 Å². The van der Waals surface area contributed by atoms with Gasteiger partial charge in [-0.1, -0.05) is 11.6 Å². The predicted octanol–water partition coefficient (Wildman–Crippen LogP) is 3.23. The number of ether oxygens (including phenoxy) is 1. The molecule has 2 N–H and O–H groups in total. The Labute approximate surface area is 138 Å². The SMILES string of the molecule is Nc1ncnc2c1cnn2C1CCC(Oc2ccc(Cl)cc2)C1. The number of nitrogens with zero attached hydrogens (tertiary/aromatic N) is 4. The molecule has 0 bridgehead atoms. The van der Waals surface area contributed by atoms with Crippen molar-refractivity contribution in [2.24, 2.45) is 0 Å². The largest absolute Gasteiger partial charge is 0.490 e. The quantitative estimate of drug-likeness (QED) is 0.798. The Morgan fingerprint density at radius 1 is 1.17 bits per heavy atom. The summed E-state index contributed by atoms with van der Waals surface area (Å²) in [6, 6.07) is 7.73. The van der Waals surface area contributed by atoms with Gasteiger partial charge in [-0.05, 0) is 37.1 Å². The Hall–Kier alpha value is -2.34. The molecule has 3 aromatic rings. The number of nitrogens with two attached hydrogens (primary N) is 1. The third-order valence-corrected chi connectivity index (χ3v) is 4.49. The van der Waals surface area contributed by atoms with Crippen LogP contribution in [0.4, 0.5) is 5.82 Å². The van der Waals surface area contributed by atoms with Gasteiger partial charge in [-0.2, -0.15) is 5.10 Å². The Kier molecular flexibility index (Phi) is 3.53. The molecule has 118 valence electrons. The first-order valence-electron chi connectivity index (χ1n) is 7.56. The molecular weight excluding hydrogens is 314 g/mol. The second-order valence-electron chi connectivity index (χ2n) is 5.75. The van der Waals surface area contributed by atoms with Crippen LogP contribution < -0.4 is 10.5 Å². The number of fused-ring (bicyclic) bond motifs is 1. The molecule has 4 rings (SSSR count).